The van der Waals surface area contributed by atoms with Gasteiger partial charge in [0.15, 0.2) is 0 Å². The number of nitrogens with zero attached hydrogens (tertiary/aromatic N) is 1. The molecule has 0 aliphatic carbocycles. The van der Waals surface area contributed by atoms with Gasteiger partial charge in [0.2, 0.25) is 0 Å². The van der Waals surface area contributed by atoms with Crippen molar-refractivity contribution in [2.24, 2.45) is 0 Å². The van der Waals surface area contributed by atoms with Crippen LogP contribution in [0.5, 0.6) is 0 Å². The lowest BCUT2D eigenvalue weighted by Crippen LogP contribution is -2.37. The molecule has 1 saturated heterocycles. The number of rotatable bonds is 2. The van der Waals surface area contributed by atoms with E-state index in [4.69, 9.17) is 21.4 Å². The van der Waals surface area contributed by atoms with Gasteiger partial charge in [0.1, 0.15) is 9.21 Å². The maximum absolute atomic E-state index is 11.4. The molecule has 1 aliphatic heterocycles. The summed E-state index contributed by atoms with van der Waals surface area (Å²) >= 11 is 6.83. The van der Waals surface area contributed by atoms with Crippen molar-refractivity contribution in [2.45, 2.75) is 6.42 Å². The van der Waals surface area contributed by atoms with Crippen LogP contribution in [0.4, 0.5) is 10.5 Å². The van der Waals surface area contributed by atoms with Gasteiger partial charge in [-0.25, -0.2) is 9.59 Å². The number of hydrogen-bond acceptors (Lipinski definition) is 4. The Labute approximate surface area is 100 Å². The molecule has 1 amide bonds. The zero-order valence-electron chi connectivity index (χ0n) is 8.10. The van der Waals surface area contributed by atoms with Crippen molar-refractivity contribution in [3.63, 3.8) is 0 Å². The highest BCUT2D eigenvalue weighted by Gasteiger charge is 2.26. The van der Waals surface area contributed by atoms with Crippen LogP contribution in [0.15, 0.2) is 6.07 Å². The Morgan fingerprint density at radius 2 is 2.38 bits per heavy atom. The van der Waals surface area contributed by atoms with Crippen LogP contribution in [0.25, 0.3) is 0 Å². The molecule has 1 fully saturated rings. The Morgan fingerprint density at radius 1 is 1.62 bits per heavy atom. The number of halogens is 1. The number of thiophene rings is 1. The van der Waals surface area contributed by atoms with Crippen molar-refractivity contribution in [3.05, 3.63) is 15.3 Å². The molecule has 0 saturated carbocycles. The van der Waals surface area contributed by atoms with Crippen LogP contribution >= 0.6 is 22.9 Å². The number of hydrogen-bond donors (Lipinski definition) is 1. The minimum atomic E-state index is -1.05. The second-order valence-electron chi connectivity index (χ2n) is 3.19. The predicted octanol–water partition coefficient (Wildman–Crippen LogP) is 2.45. The molecule has 0 radical (unpaired) electrons. The normalized spacial score (nSPS) is 16.1. The standard InChI is InChI=1S/C9H8ClNO4S/c10-7-5(4-6(16-7)8(12)13)11-2-1-3-15-9(11)14/h4H,1-3H2,(H,12,13). The maximum atomic E-state index is 11.4. The predicted molar refractivity (Wildman–Crippen MR) is 59.6 cm³/mol. The van der Waals surface area contributed by atoms with Crippen LogP contribution in [-0.4, -0.2) is 30.3 Å². The number of anilines is 1. The molecule has 1 aromatic heterocycles. The van der Waals surface area contributed by atoms with Crippen molar-refractivity contribution < 1.29 is 19.4 Å². The van der Waals surface area contributed by atoms with Gasteiger partial charge in [-0.05, 0) is 12.5 Å². The fraction of sp³-hybridized carbons (Fsp3) is 0.333. The van der Waals surface area contributed by atoms with Gasteiger partial charge < -0.3 is 9.84 Å². The molecule has 0 unspecified atom stereocenters. The highest BCUT2D eigenvalue weighted by atomic mass is 35.5. The van der Waals surface area contributed by atoms with Gasteiger partial charge >= 0.3 is 12.1 Å². The molecule has 7 heteroatoms. The van der Waals surface area contributed by atoms with Crippen molar-refractivity contribution in [1.29, 1.82) is 0 Å². The van der Waals surface area contributed by atoms with Crippen LogP contribution in [0.1, 0.15) is 16.1 Å². The van der Waals surface area contributed by atoms with Gasteiger partial charge in [-0.15, -0.1) is 11.3 Å². The van der Waals surface area contributed by atoms with Gasteiger partial charge in [-0.2, -0.15) is 0 Å². The SMILES string of the molecule is O=C(O)c1cc(N2CCCOC2=O)c(Cl)s1. The lowest BCUT2D eigenvalue weighted by atomic mass is 10.3. The third-order valence-corrected chi connectivity index (χ3v) is 3.47. The Kier molecular flexibility index (Phi) is 3.02. The van der Waals surface area contributed by atoms with E-state index in [9.17, 15) is 9.59 Å². The third-order valence-electron chi connectivity index (χ3n) is 2.14. The number of carboxylic acids is 1. The largest absolute Gasteiger partial charge is 0.477 e. The highest BCUT2D eigenvalue weighted by molar-refractivity contribution is 7.18. The lowest BCUT2D eigenvalue weighted by molar-refractivity contribution is 0.0702. The summed E-state index contributed by atoms with van der Waals surface area (Å²) in [5, 5.41) is 8.80. The van der Waals surface area contributed by atoms with E-state index < -0.39 is 12.1 Å². The first-order chi connectivity index (χ1) is 7.59. The number of carbonyl (C=O) groups excluding carboxylic acids is 1. The molecule has 0 spiro atoms. The molecule has 0 atom stereocenters. The summed E-state index contributed by atoms with van der Waals surface area (Å²) in [5.41, 5.74) is 0.411. The number of amides is 1. The molecule has 1 aromatic rings. The molecule has 0 aromatic carbocycles. The Hall–Kier alpha value is -1.27. The number of cyclic esters (lactones) is 1. The van der Waals surface area contributed by atoms with Gasteiger partial charge in [0.05, 0.1) is 12.3 Å². The van der Waals surface area contributed by atoms with E-state index in [-0.39, 0.29) is 9.21 Å². The number of carbonyl (C=O) groups is 2. The summed E-state index contributed by atoms with van der Waals surface area (Å²) in [6.45, 7) is 0.886. The van der Waals surface area contributed by atoms with Gasteiger partial charge in [0.25, 0.3) is 0 Å². The van der Waals surface area contributed by atoms with Gasteiger partial charge in [-0.3, -0.25) is 4.90 Å². The number of ether oxygens (including phenoxy) is 1. The third kappa shape index (κ3) is 1.98. The van der Waals surface area contributed by atoms with E-state index >= 15 is 0 Å². The smallest absolute Gasteiger partial charge is 0.414 e. The summed E-state index contributed by atoms with van der Waals surface area (Å²) in [4.78, 5) is 23.6. The quantitative estimate of drug-likeness (QED) is 0.888. The molecule has 0 bridgehead atoms. The van der Waals surface area contributed by atoms with E-state index in [1.165, 1.54) is 11.0 Å². The molecule has 5 nitrogen and oxygen atoms in total. The molecule has 86 valence electrons. The average Bonchev–Trinajstić information content (AvgIpc) is 2.61. The summed E-state index contributed by atoms with van der Waals surface area (Å²) in [7, 11) is 0. The Bertz CT molecular complexity index is 445. The van der Waals surface area contributed by atoms with Gasteiger partial charge in [-0.1, -0.05) is 11.6 Å². The first kappa shape index (κ1) is 11.2. The Morgan fingerprint density at radius 3 is 2.94 bits per heavy atom. The molecule has 1 N–H and O–H groups in total. The van der Waals surface area contributed by atoms with Crippen molar-refractivity contribution >= 4 is 40.7 Å². The van der Waals surface area contributed by atoms with Gasteiger partial charge in [0, 0.05) is 6.54 Å². The zero-order valence-corrected chi connectivity index (χ0v) is 9.68. The van der Waals surface area contributed by atoms with Crippen LogP contribution < -0.4 is 4.90 Å². The summed E-state index contributed by atoms with van der Waals surface area (Å²) < 4.78 is 5.14. The second-order valence-corrected chi connectivity index (χ2v) is 4.85. The summed E-state index contributed by atoms with van der Waals surface area (Å²) in [6.07, 6.45) is 0.225. The lowest BCUT2D eigenvalue weighted by Gasteiger charge is -2.25. The average molecular weight is 262 g/mol. The Balaban J connectivity index is 2.32. The molecular formula is C9H8ClNO4S. The minimum absolute atomic E-state index is 0.110. The maximum Gasteiger partial charge on any atom is 0.414 e. The van der Waals surface area contributed by atoms with Crippen LogP contribution in [0, 0.1) is 0 Å². The first-order valence-corrected chi connectivity index (χ1v) is 5.76. The minimum Gasteiger partial charge on any atom is -0.477 e. The number of carboxylic acid groups (broad SMARTS) is 1. The van der Waals surface area contributed by atoms with E-state index in [1.54, 1.807) is 0 Å². The fourth-order valence-electron chi connectivity index (χ4n) is 1.42. The van der Waals surface area contributed by atoms with E-state index in [0.717, 1.165) is 11.3 Å². The molecule has 16 heavy (non-hydrogen) atoms. The van der Waals surface area contributed by atoms with Crippen LogP contribution in [0.2, 0.25) is 4.34 Å². The molecule has 2 heterocycles. The first-order valence-electron chi connectivity index (χ1n) is 4.56. The highest BCUT2D eigenvalue weighted by Crippen LogP contribution is 2.36. The van der Waals surface area contributed by atoms with E-state index in [1.807, 2.05) is 0 Å². The molecular weight excluding hydrogens is 254 g/mol. The summed E-state index contributed by atoms with van der Waals surface area (Å²) in [6, 6.07) is 1.39. The summed E-state index contributed by atoms with van der Waals surface area (Å²) in [5.74, 6) is -1.05. The number of aromatic carboxylic acids is 1. The molecule has 2 rings (SSSR count). The fourth-order valence-corrected chi connectivity index (χ4v) is 2.55. The van der Waals surface area contributed by atoms with Crippen LogP contribution in [-0.2, 0) is 4.74 Å². The second kappa shape index (κ2) is 4.31. The molecule has 1 aliphatic rings. The van der Waals surface area contributed by atoms with Crippen molar-refractivity contribution in [2.75, 3.05) is 18.1 Å². The van der Waals surface area contributed by atoms with Crippen molar-refractivity contribution in [1.82, 2.24) is 0 Å². The van der Waals surface area contributed by atoms with E-state index in [0.29, 0.717) is 25.3 Å². The topological polar surface area (TPSA) is 66.8 Å². The van der Waals surface area contributed by atoms with E-state index in [2.05, 4.69) is 0 Å². The van der Waals surface area contributed by atoms with Crippen LogP contribution in [0.3, 0.4) is 0 Å². The monoisotopic (exact) mass is 261 g/mol. The zero-order chi connectivity index (χ0) is 11.7. The van der Waals surface area contributed by atoms with Crippen molar-refractivity contribution in [3.8, 4) is 0 Å².